The van der Waals surface area contributed by atoms with Crippen LogP contribution in [0.15, 0.2) is 24.3 Å². The summed E-state index contributed by atoms with van der Waals surface area (Å²) in [6.07, 6.45) is 1.87. The van der Waals surface area contributed by atoms with Crippen molar-refractivity contribution in [3.8, 4) is 0 Å². The lowest BCUT2D eigenvalue weighted by Crippen LogP contribution is -2.24. The standard InChI is InChI=1S/C19H28O4/c1-5-7-17(14(2)3)23-19(21)11-10-18(20)22-13-16-9-6-8-15(4)12-16/h6,8-9,12,14,17H,5,7,10-11,13H2,1-4H3. The Bertz CT molecular complexity index is 508. The maximum atomic E-state index is 11.8. The van der Waals surface area contributed by atoms with E-state index in [9.17, 15) is 9.59 Å². The summed E-state index contributed by atoms with van der Waals surface area (Å²) in [6, 6.07) is 7.80. The van der Waals surface area contributed by atoms with Crippen molar-refractivity contribution in [1.82, 2.24) is 0 Å². The van der Waals surface area contributed by atoms with Gasteiger partial charge in [0.15, 0.2) is 0 Å². The predicted octanol–water partition coefficient (Wildman–Crippen LogP) is 4.19. The molecule has 1 atom stereocenters. The molecule has 1 aromatic carbocycles. The maximum Gasteiger partial charge on any atom is 0.306 e. The Kier molecular flexibility index (Phi) is 8.38. The monoisotopic (exact) mass is 320 g/mol. The van der Waals surface area contributed by atoms with Crippen LogP contribution in [0, 0.1) is 12.8 Å². The summed E-state index contributed by atoms with van der Waals surface area (Å²) < 4.78 is 10.6. The number of ether oxygens (including phenoxy) is 2. The summed E-state index contributed by atoms with van der Waals surface area (Å²) in [6.45, 7) is 8.35. The summed E-state index contributed by atoms with van der Waals surface area (Å²) >= 11 is 0. The van der Waals surface area contributed by atoms with Crippen LogP contribution >= 0.6 is 0 Å². The van der Waals surface area contributed by atoms with Crippen molar-refractivity contribution in [3.05, 3.63) is 35.4 Å². The minimum absolute atomic E-state index is 0.0571. The maximum absolute atomic E-state index is 11.8. The van der Waals surface area contributed by atoms with Gasteiger partial charge in [-0.15, -0.1) is 0 Å². The molecule has 4 heteroatoms. The van der Waals surface area contributed by atoms with Crippen LogP contribution in [0.5, 0.6) is 0 Å². The smallest absolute Gasteiger partial charge is 0.306 e. The van der Waals surface area contributed by atoms with Crippen LogP contribution in [0.2, 0.25) is 0 Å². The molecular formula is C19H28O4. The van der Waals surface area contributed by atoms with Crippen LogP contribution in [0.3, 0.4) is 0 Å². The highest BCUT2D eigenvalue weighted by Crippen LogP contribution is 2.14. The van der Waals surface area contributed by atoms with Gasteiger partial charge in [-0.05, 0) is 24.8 Å². The molecule has 0 aliphatic carbocycles. The van der Waals surface area contributed by atoms with Crippen LogP contribution in [-0.4, -0.2) is 18.0 Å². The minimum atomic E-state index is -0.375. The first-order valence-electron chi connectivity index (χ1n) is 8.33. The zero-order chi connectivity index (χ0) is 17.2. The number of carbonyl (C=O) groups excluding carboxylic acids is 2. The second kappa shape index (κ2) is 10.0. The first kappa shape index (κ1) is 19.2. The molecule has 0 heterocycles. The third kappa shape index (κ3) is 7.82. The number of rotatable bonds is 9. The second-order valence-electron chi connectivity index (χ2n) is 6.21. The van der Waals surface area contributed by atoms with E-state index < -0.39 is 0 Å². The molecule has 1 unspecified atom stereocenters. The molecule has 0 aromatic heterocycles. The Morgan fingerprint density at radius 3 is 2.43 bits per heavy atom. The van der Waals surface area contributed by atoms with E-state index >= 15 is 0 Å². The normalized spacial score (nSPS) is 12.0. The van der Waals surface area contributed by atoms with E-state index in [1.165, 1.54) is 0 Å². The van der Waals surface area contributed by atoms with Crippen molar-refractivity contribution in [1.29, 1.82) is 0 Å². The zero-order valence-corrected chi connectivity index (χ0v) is 14.6. The summed E-state index contributed by atoms with van der Waals surface area (Å²) in [5.74, 6) is -0.420. The number of aryl methyl sites for hydroxylation is 1. The molecule has 0 amide bonds. The van der Waals surface area contributed by atoms with Gasteiger partial charge in [0.2, 0.25) is 0 Å². The highest BCUT2D eigenvalue weighted by molar-refractivity contribution is 5.77. The molecule has 0 fully saturated rings. The molecule has 0 saturated heterocycles. The largest absolute Gasteiger partial charge is 0.462 e. The van der Waals surface area contributed by atoms with Gasteiger partial charge in [0, 0.05) is 0 Å². The number of benzene rings is 1. The SMILES string of the molecule is CCCC(OC(=O)CCC(=O)OCc1cccc(C)c1)C(C)C. The Hall–Kier alpha value is -1.84. The van der Waals surface area contributed by atoms with Crippen LogP contribution in [0.1, 0.15) is 57.6 Å². The van der Waals surface area contributed by atoms with E-state index in [4.69, 9.17) is 9.47 Å². The fraction of sp³-hybridized carbons (Fsp3) is 0.579. The lowest BCUT2D eigenvalue weighted by Gasteiger charge is -2.20. The lowest BCUT2D eigenvalue weighted by atomic mass is 10.0. The predicted molar refractivity (Wildman–Crippen MR) is 89.8 cm³/mol. The summed E-state index contributed by atoms with van der Waals surface area (Å²) in [4.78, 5) is 23.5. The van der Waals surface area contributed by atoms with E-state index in [0.717, 1.165) is 24.0 Å². The molecule has 4 nitrogen and oxygen atoms in total. The number of hydrogen-bond donors (Lipinski definition) is 0. The van der Waals surface area contributed by atoms with Crippen molar-refractivity contribution in [2.24, 2.45) is 5.92 Å². The average molecular weight is 320 g/mol. The molecule has 0 saturated carbocycles. The lowest BCUT2D eigenvalue weighted by molar-refractivity contribution is -0.156. The summed E-state index contributed by atoms with van der Waals surface area (Å²) in [5, 5.41) is 0. The Morgan fingerprint density at radius 2 is 1.83 bits per heavy atom. The van der Waals surface area contributed by atoms with Crippen LogP contribution in [0.25, 0.3) is 0 Å². The first-order chi connectivity index (χ1) is 10.9. The molecule has 1 aromatic rings. The second-order valence-corrected chi connectivity index (χ2v) is 6.21. The molecule has 23 heavy (non-hydrogen) atoms. The molecule has 0 spiro atoms. The Balaban J connectivity index is 2.30. The van der Waals surface area contributed by atoms with Gasteiger partial charge in [0.05, 0.1) is 12.8 Å². The highest BCUT2D eigenvalue weighted by atomic mass is 16.5. The third-order valence-electron chi connectivity index (χ3n) is 3.62. The van der Waals surface area contributed by atoms with Gasteiger partial charge in [0.25, 0.3) is 0 Å². The molecule has 0 bridgehead atoms. The number of hydrogen-bond acceptors (Lipinski definition) is 4. The summed E-state index contributed by atoms with van der Waals surface area (Å²) in [5.41, 5.74) is 2.07. The van der Waals surface area contributed by atoms with Gasteiger partial charge in [-0.25, -0.2) is 0 Å². The van der Waals surface area contributed by atoms with Crippen molar-refractivity contribution in [3.63, 3.8) is 0 Å². The quantitative estimate of drug-likeness (QED) is 0.640. The Labute approximate surface area is 139 Å². The van der Waals surface area contributed by atoms with Crippen LogP contribution in [0.4, 0.5) is 0 Å². The van der Waals surface area contributed by atoms with E-state index in [-0.39, 0.29) is 43.4 Å². The van der Waals surface area contributed by atoms with Gasteiger partial charge in [0.1, 0.15) is 12.7 Å². The molecule has 0 aliphatic rings. The van der Waals surface area contributed by atoms with Gasteiger partial charge >= 0.3 is 11.9 Å². The fourth-order valence-electron chi connectivity index (χ4n) is 2.28. The number of esters is 2. The van der Waals surface area contributed by atoms with Gasteiger partial charge in [-0.3, -0.25) is 9.59 Å². The Morgan fingerprint density at radius 1 is 1.13 bits per heavy atom. The molecule has 0 aliphatic heterocycles. The minimum Gasteiger partial charge on any atom is -0.462 e. The topological polar surface area (TPSA) is 52.6 Å². The molecule has 0 radical (unpaired) electrons. The van der Waals surface area contributed by atoms with Gasteiger partial charge in [-0.2, -0.15) is 0 Å². The van der Waals surface area contributed by atoms with Crippen molar-refractivity contribution >= 4 is 11.9 Å². The highest BCUT2D eigenvalue weighted by Gasteiger charge is 2.18. The number of carbonyl (C=O) groups is 2. The van der Waals surface area contributed by atoms with Crippen LogP contribution < -0.4 is 0 Å². The average Bonchev–Trinajstić information content (AvgIpc) is 2.50. The van der Waals surface area contributed by atoms with Gasteiger partial charge < -0.3 is 9.47 Å². The van der Waals surface area contributed by atoms with E-state index in [0.29, 0.717) is 0 Å². The van der Waals surface area contributed by atoms with Gasteiger partial charge in [-0.1, -0.05) is 57.0 Å². The van der Waals surface area contributed by atoms with Crippen molar-refractivity contribution in [2.45, 2.75) is 66.1 Å². The van der Waals surface area contributed by atoms with E-state index in [2.05, 4.69) is 6.92 Å². The molecule has 0 N–H and O–H groups in total. The fourth-order valence-corrected chi connectivity index (χ4v) is 2.28. The van der Waals surface area contributed by atoms with E-state index in [1.54, 1.807) is 0 Å². The molecule has 1 rings (SSSR count). The summed E-state index contributed by atoms with van der Waals surface area (Å²) in [7, 11) is 0. The zero-order valence-electron chi connectivity index (χ0n) is 14.6. The molecular weight excluding hydrogens is 292 g/mol. The van der Waals surface area contributed by atoms with Crippen molar-refractivity contribution < 1.29 is 19.1 Å². The van der Waals surface area contributed by atoms with Crippen LogP contribution in [-0.2, 0) is 25.7 Å². The van der Waals surface area contributed by atoms with Crippen molar-refractivity contribution in [2.75, 3.05) is 0 Å². The first-order valence-corrected chi connectivity index (χ1v) is 8.33. The molecule has 128 valence electrons. The third-order valence-corrected chi connectivity index (χ3v) is 3.62. The van der Waals surface area contributed by atoms with E-state index in [1.807, 2.05) is 45.0 Å².